The van der Waals surface area contributed by atoms with Crippen molar-refractivity contribution in [3.05, 3.63) is 40.1 Å². The van der Waals surface area contributed by atoms with Gasteiger partial charge in [0, 0.05) is 47.9 Å². The van der Waals surface area contributed by atoms with Gasteiger partial charge in [-0.15, -0.1) is 0 Å². The Kier molecular flexibility index (Phi) is 5.06. The van der Waals surface area contributed by atoms with E-state index in [-0.39, 0.29) is 28.5 Å². The summed E-state index contributed by atoms with van der Waals surface area (Å²) in [5.41, 5.74) is 2.13. The van der Waals surface area contributed by atoms with Gasteiger partial charge >= 0.3 is 0 Å². The summed E-state index contributed by atoms with van der Waals surface area (Å²) in [6.07, 6.45) is 1.90. The van der Waals surface area contributed by atoms with E-state index in [1.807, 2.05) is 32.9 Å². The van der Waals surface area contributed by atoms with Crippen LogP contribution < -0.4 is 10.2 Å². The van der Waals surface area contributed by atoms with Gasteiger partial charge in [0.2, 0.25) is 5.91 Å². The Hall–Kier alpha value is -2.70. The molecule has 7 nitrogen and oxygen atoms in total. The lowest BCUT2D eigenvalue weighted by molar-refractivity contribution is -0.383. The third kappa shape index (κ3) is 3.61. The number of para-hydroxylation sites is 1. The molecule has 1 unspecified atom stereocenters. The number of fused-ring (bicyclic) bond motifs is 1. The number of hydrogen-bond donors (Lipinski definition) is 1. The lowest BCUT2D eigenvalue weighted by atomic mass is 10.0. The van der Waals surface area contributed by atoms with Crippen molar-refractivity contribution in [3.63, 3.8) is 0 Å². The van der Waals surface area contributed by atoms with Crippen LogP contribution in [0.25, 0.3) is 10.9 Å². The Morgan fingerprint density at radius 1 is 1.42 bits per heavy atom. The first kappa shape index (κ1) is 18.1. The normalized spacial score (nSPS) is 17.5. The number of amides is 1. The topological polar surface area (TPSA) is 88.4 Å². The fraction of sp³-hybridized carbons (Fsp3) is 0.474. The average molecular weight is 356 g/mol. The van der Waals surface area contributed by atoms with Gasteiger partial charge in [0.1, 0.15) is 0 Å². The molecule has 0 radical (unpaired) electrons. The van der Waals surface area contributed by atoms with Gasteiger partial charge in [-0.3, -0.25) is 14.9 Å². The van der Waals surface area contributed by atoms with Crippen LogP contribution in [0.3, 0.4) is 0 Å². The smallest absolute Gasteiger partial charge is 0.295 e. The van der Waals surface area contributed by atoms with Crippen LogP contribution in [0.15, 0.2) is 24.3 Å². The van der Waals surface area contributed by atoms with Crippen LogP contribution in [0, 0.1) is 23.0 Å². The zero-order chi connectivity index (χ0) is 18.8. The molecule has 138 valence electrons. The van der Waals surface area contributed by atoms with Gasteiger partial charge in [-0.25, -0.2) is 4.98 Å². The van der Waals surface area contributed by atoms with Gasteiger partial charge in [-0.05, 0) is 25.8 Å². The van der Waals surface area contributed by atoms with Crippen molar-refractivity contribution in [2.24, 2.45) is 5.92 Å². The van der Waals surface area contributed by atoms with E-state index in [0.717, 1.165) is 36.2 Å². The second-order valence-electron chi connectivity index (χ2n) is 7.16. The van der Waals surface area contributed by atoms with E-state index in [4.69, 9.17) is 0 Å². The second kappa shape index (κ2) is 7.27. The number of carbonyl (C=O) groups excluding carboxylic acids is 1. The molecule has 2 heterocycles. The maximum atomic E-state index is 12.0. The molecule has 1 aliphatic heterocycles. The fourth-order valence-corrected chi connectivity index (χ4v) is 3.43. The molecular formula is C19H24N4O3. The monoisotopic (exact) mass is 356 g/mol. The Morgan fingerprint density at radius 2 is 2.19 bits per heavy atom. The molecule has 1 aromatic carbocycles. The van der Waals surface area contributed by atoms with Crippen LogP contribution in [0.2, 0.25) is 0 Å². The summed E-state index contributed by atoms with van der Waals surface area (Å²) < 4.78 is 0. The van der Waals surface area contributed by atoms with Crippen molar-refractivity contribution in [1.82, 2.24) is 10.3 Å². The van der Waals surface area contributed by atoms with Crippen molar-refractivity contribution in [2.75, 3.05) is 18.0 Å². The minimum absolute atomic E-state index is 0.0223. The number of rotatable bonds is 4. The highest BCUT2D eigenvalue weighted by Crippen LogP contribution is 2.33. The van der Waals surface area contributed by atoms with Gasteiger partial charge < -0.3 is 10.2 Å². The number of non-ortho nitro benzene ring substituents is 1. The predicted molar refractivity (Wildman–Crippen MR) is 101 cm³/mol. The molecule has 1 amide bonds. The van der Waals surface area contributed by atoms with E-state index in [2.05, 4.69) is 15.2 Å². The van der Waals surface area contributed by atoms with Gasteiger partial charge in [-0.2, -0.15) is 0 Å². The number of nitro groups is 1. The molecule has 26 heavy (non-hydrogen) atoms. The number of piperidine rings is 1. The largest absolute Gasteiger partial charge is 0.369 e. The van der Waals surface area contributed by atoms with Gasteiger partial charge in [-0.1, -0.05) is 26.0 Å². The molecule has 0 aliphatic carbocycles. The molecule has 7 heteroatoms. The fourth-order valence-electron chi connectivity index (χ4n) is 3.43. The maximum absolute atomic E-state index is 12.0. The van der Waals surface area contributed by atoms with E-state index in [0.29, 0.717) is 12.1 Å². The van der Waals surface area contributed by atoms with E-state index in [9.17, 15) is 14.9 Å². The van der Waals surface area contributed by atoms with Crippen molar-refractivity contribution in [1.29, 1.82) is 0 Å². The number of anilines is 1. The standard InChI is InChI=1S/C19H24N4O3/c1-12(2)19(24)21-14-6-5-9-22(11-14)17-10-13(3)20-18-15(17)7-4-8-16(18)23(25)26/h4,7-8,10,12,14H,5-6,9,11H2,1-3H3,(H,21,24). The van der Waals surface area contributed by atoms with Crippen molar-refractivity contribution in [2.45, 2.75) is 39.7 Å². The number of carbonyl (C=O) groups is 1. The molecule has 1 N–H and O–H groups in total. The van der Waals surface area contributed by atoms with E-state index in [1.165, 1.54) is 6.07 Å². The Balaban J connectivity index is 1.96. The number of nitro benzene ring substituents is 1. The summed E-state index contributed by atoms with van der Waals surface area (Å²) in [7, 11) is 0. The second-order valence-corrected chi connectivity index (χ2v) is 7.16. The first-order valence-electron chi connectivity index (χ1n) is 8.97. The van der Waals surface area contributed by atoms with Gasteiger partial charge in [0.05, 0.1) is 4.92 Å². The third-order valence-electron chi connectivity index (χ3n) is 4.75. The maximum Gasteiger partial charge on any atom is 0.295 e. The highest BCUT2D eigenvalue weighted by molar-refractivity contribution is 5.97. The van der Waals surface area contributed by atoms with Crippen molar-refractivity contribution >= 4 is 28.2 Å². The summed E-state index contributed by atoms with van der Waals surface area (Å²) in [5, 5.41) is 15.2. The third-order valence-corrected chi connectivity index (χ3v) is 4.75. The van der Waals surface area contributed by atoms with Crippen LogP contribution in [-0.4, -0.2) is 34.9 Å². The van der Waals surface area contributed by atoms with Crippen molar-refractivity contribution < 1.29 is 9.72 Å². The zero-order valence-corrected chi connectivity index (χ0v) is 15.4. The Labute approximate surface area is 152 Å². The minimum Gasteiger partial charge on any atom is -0.369 e. The van der Waals surface area contributed by atoms with Crippen LogP contribution in [0.1, 0.15) is 32.4 Å². The molecule has 1 atom stereocenters. The summed E-state index contributed by atoms with van der Waals surface area (Å²) in [6, 6.07) is 7.11. The molecule has 1 saturated heterocycles. The molecule has 2 aromatic rings. The molecular weight excluding hydrogens is 332 g/mol. The number of nitrogens with one attached hydrogen (secondary N) is 1. The highest BCUT2D eigenvalue weighted by atomic mass is 16.6. The van der Waals surface area contributed by atoms with Crippen LogP contribution >= 0.6 is 0 Å². The molecule has 0 bridgehead atoms. The molecule has 3 rings (SSSR count). The van der Waals surface area contributed by atoms with Gasteiger partial charge in [0.15, 0.2) is 5.52 Å². The van der Waals surface area contributed by atoms with E-state index in [1.54, 1.807) is 6.07 Å². The number of benzene rings is 1. The summed E-state index contributed by atoms with van der Waals surface area (Å²) in [6.45, 7) is 7.17. The lowest BCUT2D eigenvalue weighted by Gasteiger charge is -2.35. The number of hydrogen-bond acceptors (Lipinski definition) is 5. The number of pyridine rings is 1. The molecule has 1 aliphatic rings. The number of nitrogens with zero attached hydrogens (tertiary/aromatic N) is 3. The minimum atomic E-state index is -0.388. The average Bonchev–Trinajstić information content (AvgIpc) is 2.60. The van der Waals surface area contributed by atoms with Crippen molar-refractivity contribution in [3.8, 4) is 0 Å². The molecule has 0 saturated carbocycles. The predicted octanol–water partition coefficient (Wildman–Crippen LogP) is 3.19. The van der Waals surface area contributed by atoms with Gasteiger partial charge in [0.25, 0.3) is 5.69 Å². The number of aryl methyl sites for hydroxylation is 1. The first-order valence-corrected chi connectivity index (χ1v) is 8.97. The summed E-state index contributed by atoms with van der Waals surface area (Å²) in [5.74, 6) is 0.0141. The molecule has 0 spiro atoms. The van der Waals surface area contributed by atoms with Crippen LogP contribution in [0.5, 0.6) is 0 Å². The molecule has 1 fully saturated rings. The number of aromatic nitrogens is 1. The Bertz CT molecular complexity index is 850. The first-order chi connectivity index (χ1) is 12.4. The van der Waals surface area contributed by atoms with Crippen LogP contribution in [0.4, 0.5) is 11.4 Å². The van der Waals surface area contributed by atoms with E-state index >= 15 is 0 Å². The van der Waals surface area contributed by atoms with Crippen LogP contribution in [-0.2, 0) is 4.79 Å². The zero-order valence-electron chi connectivity index (χ0n) is 15.4. The summed E-state index contributed by atoms with van der Waals surface area (Å²) in [4.78, 5) is 29.6. The Morgan fingerprint density at radius 3 is 2.88 bits per heavy atom. The SMILES string of the molecule is Cc1cc(N2CCCC(NC(=O)C(C)C)C2)c2cccc([N+](=O)[O-])c2n1. The lowest BCUT2D eigenvalue weighted by Crippen LogP contribution is -2.48. The van der Waals surface area contributed by atoms with E-state index < -0.39 is 0 Å². The molecule has 1 aromatic heterocycles. The summed E-state index contributed by atoms with van der Waals surface area (Å²) >= 11 is 0. The highest BCUT2D eigenvalue weighted by Gasteiger charge is 2.25. The quantitative estimate of drug-likeness (QED) is 0.671.